The molecule has 18 heavy (non-hydrogen) atoms. The van der Waals surface area contributed by atoms with Gasteiger partial charge in [0.2, 0.25) is 0 Å². The lowest BCUT2D eigenvalue weighted by molar-refractivity contribution is -0.190. The number of rotatable bonds is 1. The molecule has 102 valence electrons. The first kappa shape index (κ1) is 12.5. The third kappa shape index (κ3) is 1.72. The predicted octanol–water partition coefficient (Wildman–Crippen LogP) is 3.68. The first-order valence-corrected chi connectivity index (χ1v) is 6.89. The molecule has 0 aromatic carbocycles. The summed E-state index contributed by atoms with van der Waals surface area (Å²) in [5.41, 5.74) is -0.726. The summed E-state index contributed by atoms with van der Waals surface area (Å²) in [7, 11) is 0. The molecule has 0 aliphatic heterocycles. The molecule has 1 nitrogen and oxygen atoms in total. The quantitative estimate of drug-likeness (QED) is 0.713. The molecule has 0 saturated heterocycles. The molecule has 0 spiro atoms. The fourth-order valence-electron chi connectivity index (χ4n) is 4.35. The Morgan fingerprint density at radius 1 is 0.889 bits per heavy atom. The van der Waals surface area contributed by atoms with Crippen LogP contribution >= 0.6 is 0 Å². The van der Waals surface area contributed by atoms with Crippen LogP contribution in [-0.4, -0.2) is 16.9 Å². The van der Waals surface area contributed by atoms with Gasteiger partial charge in [0.1, 0.15) is 0 Å². The molecular formula is C14H19F3O. The van der Waals surface area contributed by atoms with Crippen molar-refractivity contribution in [2.24, 2.45) is 23.7 Å². The summed E-state index contributed by atoms with van der Waals surface area (Å²) in [5.74, 6) is -0.710. The number of fused-ring (bicyclic) bond motifs is 2. The van der Waals surface area contributed by atoms with Crippen molar-refractivity contribution in [2.75, 3.05) is 0 Å². The van der Waals surface area contributed by atoms with Gasteiger partial charge in [-0.1, -0.05) is 12.2 Å². The van der Waals surface area contributed by atoms with Crippen LogP contribution in [0.2, 0.25) is 0 Å². The minimum atomic E-state index is -4.06. The molecule has 2 bridgehead atoms. The molecule has 0 heterocycles. The second-order valence-corrected chi connectivity index (χ2v) is 6.15. The van der Waals surface area contributed by atoms with E-state index in [4.69, 9.17) is 0 Å². The van der Waals surface area contributed by atoms with Crippen LogP contribution in [0.15, 0.2) is 12.2 Å². The lowest BCUT2D eigenvalue weighted by Gasteiger charge is -2.41. The van der Waals surface area contributed by atoms with Gasteiger partial charge in [-0.15, -0.1) is 0 Å². The zero-order valence-corrected chi connectivity index (χ0v) is 10.3. The fraction of sp³-hybridized carbons (Fsp3) is 0.857. The van der Waals surface area contributed by atoms with E-state index in [1.165, 1.54) is 0 Å². The highest BCUT2D eigenvalue weighted by atomic mass is 19.4. The normalized spacial score (nSPS) is 47.8. The van der Waals surface area contributed by atoms with Crippen molar-refractivity contribution in [3.8, 4) is 0 Å². The van der Waals surface area contributed by atoms with Gasteiger partial charge < -0.3 is 5.11 Å². The first-order valence-electron chi connectivity index (χ1n) is 6.89. The average molecular weight is 260 g/mol. The summed E-state index contributed by atoms with van der Waals surface area (Å²) < 4.78 is 37.9. The highest BCUT2D eigenvalue weighted by Crippen LogP contribution is 2.55. The minimum absolute atomic E-state index is 0.0589. The van der Waals surface area contributed by atoms with Gasteiger partial charge >= 0.3 is 6.18 Å². The van der Waals surface area contributed by atoms with E-state index in [0.717, 1.165) is 12.8 Å². The molecule has 2 atom stereocenters. The number of hydrogen-bond acceptors (Lipinski definition) is 1. The van der Waals surface area contributed by atoms with Crippen molar-refractivity contribution in [1.82, 2.24) is 0 Å². The number of aliphatic hydroxyl groups is 1. The van der Waals surface area contributed by atoms with Crippen molar-refractivity contribution < 1.29 is 18.3 Å². The zero-order chi connectivity index (χ0) is 13.0. The Hall–Kier alpha value is -0.510. The summed E-state index contributed by atoms with van der Waals surface area (Å²) in [6, 6.07) is 0. The van der Waals surface area contributed by atoms with Gasteiger partial charge in [0.15, 0.2) is 0 Å². The Morgan fingerprint density at radius 3 is 1.78 bits per heavy atom. The van der Waals surface area contributed by atoms with E-state index >= 15 is 0 Å². The maximum absolute atomic E-state index is 12.6. The number of hydrogen-bond donors (Lipinski definition) is 1. The van der Waals surface area contributed by atoms with Crippen LogP contribution in [0.4, 0.5) is 13.2 Å². The SMILES string of the molecule is OC1(C2CCC(C(F)(F)F)CC2)C2C=CC1CC2. The first-order chi connectivity index (χ1) is 8.42. The lowest BCUT2D eigenvalue weighted by atomic mass is 9.68. The number of alkyl halides is 3. The molecule has 1 N–H and O–H groups in total. The van der Waals surface area contributed by atoms with Crippen molar-refractivity contribution in [3.05, 3.63) is 12.2 Å². The van der Waals surface area contributed by atoms with E-state index in [9.17, 15) is 18.3 Å². The summed E-state index contributed by atoms with van der Waals surface area (Å²) in [6.07, 6.45) is 3.51. The smallest absolute Gasteiger partial charge is 0.388 e. The monoisotopic (exact) mass is 260 g/mol. The van der Waals surface area contributed by atoms with E-state index in [-0.39, 0.29) is 30.6 Å². The van der Waals surface area contributed by atoms with E-state index in [1.807, 2.05) is 0 Å². The van der Waals surface area contributed by atoms with Gasteiger partial charge in [-0.2, -0.15) is 13.2 Å². The highest BCUT2D eigenvalue weighted by Gasteiger charge is 2.56. The van der Waals surface area contributed by atoms with Gasteiger partial charge in [0, 0.05) is 11.8 Å². The molecule has 2 unspecified atom stereocenters. The van der Waals surface area contributed by atoms with Crippen molar-refractivity contribution in [2.45, 2.75) is 50.3 Å². The molecule has 3 aliphatic rings. The molecule has 4 heteroatoms. The van der Waals surface area contributed by atoms with E-state index in [2.05, 4.69) is 12.2 Å². The molecule has 0 amide bonds. The predicted molar refractivity (Wildman–Crippen MR) is 61.8 cm³/mol. The third-order valence-electron chi connectivity index (χ3n) is 5.40. The van der Waals surface area contributed by atoms with Crippen LogP contribution in [0.5, 0.6) is 0 Å². The summed E-state index contributed by atoms with van der Waals surface area (Å²) >= 11 is 0. The third-order valence-corrected chi connectivity index (χ3v) is 5.40. The van der Waals surface area contributed by atoms with Crippen LogP contribution in [-0.2, 0) is 0 Å². The van der Waals surface area contributed by atoms with Crippen molar-refractivity contribution in [1.29, 1.82) is 0 Å². The Kier molecular flexibility index (Phi) is 2.78. The Morgan fingerprint density at radius 2 is 1.39 bits per heavy atom. The molecule has 3 rings (SSSR count). The van der Waals surface area contributed by atoms with E-state index < -0.39 is 17.7 Å². The van der Waals surface area contributed by atoms with Crippen LogP contribution in [0.3, 0.4) is 0 Å². The fourth-order valence-corrected chi connectivity index (χ4v) is 4.35. The van der Waals surface area contributed by atoms with Gasteiger partial charge in [-0.25, -0.2) is 0 Å². The maximum atomic E-state index is 12.6. The summed E-state index contributed by atoms with van der Waals surface area (Å²) in [6.45, 7) is 0. The highest BCUT2D eigenvalue weighted by molar-refractivity contribution is 5.21. The second kappa shape index (κ2) is 3.99. The summed E-state index contributed by atoms with van der Waals surface area (Å²) in [5, 5.41) is 10.9. The number of halogens is 3. The minimum Gasteiger partial charge on any atom is -0.388 e. The summed E-state index contributed by atoms with van der Waals surface area (Å²) in [4.78, 5) is 0. The molecule has 2 saturated carbocycles. The molecule has 0 radical (unpaired) electrons. The van der Waals surface area contributed by atoms with Crippen LogP contribution < -0.4 is 0 Å². The van der Waals surface area contributed by atoms with E-state index in [0.29, 0.717) is 12.8 Å². The lowest BCUT2D eigenvalue weighted by Crippen LogP contribution is -2.45. The van der Waals surface area contributed by atoms with Gasteiger partial charge in [-0.3, -0.25) is 0 Å². The standard InChI is InChI=1S/C14H19F3O/c15-14(16,17)12-7-5-11(6-8-12)13(18)9-1-2-10(13)4-3-9/h1-2,9-12,18H,3-8H2. The Labute approximate surface area is 105 Å². The Bertz CT molecular complexity index is 339. The molecular weight excluding hydrogens is 241 g/mol. The van der Waals surface area contributed by atoms with Crippen LogP contribution in [0.1, 0.15) is 38.5 Å². The topological polar surface area (TPSA) is 20.2 Å². The largest absolute Gasteiger partial charge is 0.391 e. The molecule has 0 aromatic rings. The van der Waals surface area contributed by atoms with Crippen molar-refractivity contribution in [3.63, 3.8) is 0 Å². The average Bonchev–Trinajstić information content (AvgIpc) is 2.83. The van der Waals surface area contributed by atoms with E-state index in [1.54, 1.807) is 0 Å². The zero-order valence-electron chi connectivity index (χ0n) is 10.3. The Balaban J connectivity index is 1.67. The van der Waals surface area contributed by atoms with Gasteiger partial charge in [0.05, 0.1) is 11.5 Å². The molecule has 3 aliphatic carbocycles. The van der Waals surface area contributed by atoms with Gasteiger partial charge in [-0.05, 0) is 44.4 Å². The second-order valence-electron chi connectivity index (χ2n) is 6.15. The van der Waals surface area contributed by atoms with Crippen LogP contribution in [0.25, 0.3) is 0 Å². The van der Waals surface area contributed by atoms with Crippen LogP contribution in [0, 0.1) is 23.7 Å². The molecule has 2 fully saturated rings. The molecule has 0 aromatic heterocycles. The van der Waals surface area contributed by atoms with Crippen molar-refractivity contribution >= 4 is 0 Å². The maximum Gasteiger partial charge on any atom is 0.391 e. The van der Waals surface area contributed by atoms with Gasteiger partial charge in [0.25, 0.3) is 0 Å².